The van der Waals surface area contributed by atoms with Crippen LogP contribution in [0.5, 0.6) is 5.75 Å². The van der Waals surface area contributed by atoms with Crippen LogP contribution in [-0.4, -0.2) is 27.5 Å². The Morgan fingerprint density at radius 1 is 1.32 bits per heavy atom. The molecule has 19 heavy (non-hydrogen) atoms. The Balaban J connectivity index is 2.29. The maximum Gasteiger partial charge on any atom is 0.225 e. The zero-order valence-electron chi connectivity index (χ0n) is 10.7. The van der Waals surface area contributed by atoms with Crippen LogP contribution in [0.3, 0.4) is 0 Å². The topological polar surface area (TPSA) is 81.5 Å². The van der Waals surface area contributed by atoms with Gasteiger partial charge in [-0.15, -0.1) is 0 Å². The summed E-state index contributed by atoms with van der Waals surface area (Å²) >= 11 is 6.33. The molecule has 1 aromatic carbocycles. The largest absolute Gasteiger partial charge is 0.440 e. The lowest BCUT2D eigenvalue weighted by atomic mass is 10.1. The van der Waals surface area contributed by atoms with Crippen LogP contribution in [0.2, 0.25) is 0 Å². The van der Waals surface area contributed by atoms with Crippen molar-refractivity contribution in [1.29, 1.82) is 0 Å². The van der Waals surface area contributed by atoms with Gasteiger partial charge >= 0.3 is 0 Å². The number of hydrogen-bond donors (Lipinski definition) is 3. The van der Waals surface area contributed by atoms with Crippen molar-refractivity contribution >= 4 is 28.4 Å². The third-order valence-corrected chi connectivity index (χ3v) is 3.85. The average Bonchev–Trinajstić information content (AvgIpc) is 2.38. The van der Waals surface area contributed by atoms with Crippen molar-refractivity contribution < 1.29 is 9.84 Å². The van der Waals surface area contributed by atoms with Crippen LogP contribution in [-0.2, 0) is 0 Å². The number of unbranched alkanes of at least 4 members (excludes halogenated alkanes) is 1. The number of nitrogens with two attached hydrogens (primary N) is 2. The summed E-state index contributed by atoms with van der Waals surface area (Å²) in [5.74, 6) is 0.993. The molecule has 0 radical (unpaired) electrons. The third kappa shape index (κ3) is 7.49. The summed E-state index contributed by atoms with van der Waals surface area (Å²) in [6.45, 7) is 0.610. The van der Waals surface area contributed by atoms with E-state index in [-0.39, 0.29) is 0 Å². The van der Waals surface area contributed by atoms with E-state index in [4.69, 9.17) is 28.4 Å². The fourth-order valence-electron chi connectivity index (χ4n) is 1.45. The van der Waals surface area contributed by atoms with E-state index in [9.17, 15) is 5.11 Å². The quantitative estimate of drug-likeness (QED) is 0.405. The Hall–Kier alpha value is -0.660. The van der Waals surface area contributed by atoms with Crippen LogP contribution < -0.4 is 16.2 Å². The molecule has 0 aliphatic heterocycles. The van der Waals surface area contributed by atoms with Crippen LogP contribution in [0.25, 0.3) is 0 Å². The zero-order chi connectivity index (χ0) is 14.1. The van der Waals surface area contributed by atoms with Gasteiger partial charge in [0.2, 0.25) is 4.38 Å². The van der Waals surface area contributed by atoms with Crippen LogP contribution in [0.15, 0.2) is 30.3 Å². The molecule has 6 heteroatoms. The first-order valence-electron chi connectivity index (χ1n) is 6.14. The van der Waals surface area contributed by atoms with E-state index in [1.165, 1.54) is 11.8 Å². The number of benzene rings is 1. The molecule has 0 saturated heterocycles. The maximum atomic E-state index is 9.96. The van der Waals surface area contributed by atoms with Gasteiger partial charge in [0.1, 0.15) is 11.5 Å². The Bertz CT molecular complexity index is 385. The van der Waals surface area contributed by atoms with Gasteiger partial charge in [-0.2, -0.15) is 0 Å². The molecular formula is C13H20N2O2S2. The van der Waals surface area contributed by atoms with Gasteiger partial charge in [0, 0.05) is 5.75 Å². The predicted molar refractivity (Wildman–Crippen MR) is 84.2 cm³/mol. The Kier molecular flexibility index (Phi) is 7.33. The van der Waals surface area contributed by atoms with Gasteiger partial charge in [0.05, 0.1) is 0 Å². The molecule has 0 amide bonds. The number of thiocarbonyl (C=S) groups is 1. The summed E-state index contributed by atoms with van der Waals surface area (Å²) in [7, 11) is 0. The van der Waals surface area contributed by atoms with Crippen molar-refractivity contribution in [3.05, 3.63) is 30.3 Å². The van der Waals surface area contributed by atoms with E-state index in [0.29, 0.717) is 28.9 Å². The molecule has 1 atom stereocenters. The second-order valence-electron chi connectivity index (χ2n) is 4.30. The van der Waals surface area contributed by atoms with Crippen molar-refractivity contribution in [2.45, 2.75) is 25.0 Å². The van der Waals surface area contributed by atoms with Gasteiger partial charge in [0.25, 0.3) is 0 Å². The summed E-state index contributed by atoms with van der Waals surface area (Å²) in [5.41, 5.74) is 9.94. The molecule has 0 bridgehead atoms. The minimum atomic E-state index is -1.23. The summed E-state index contributed by atoms with van der Waals surface area (Å²) < 4.78 is 5.80. The second-order valence-corrected chi connectivity index (χ2v) is 5.88. The zero-order valence-corrected chi connectivity index (χ0v) is 12.4. The van der Waals surface area contributed by atoms with E-state index in [2.05, 4.69) is 0 Å². The third-order valence-electron chi connectivity index (χ3n) is 2.45. The smallest absolute Gasteiger partial charge is 0.225 e. The number of thioether (sulfide) groups is 1. The molecule has 0 aliphatic carbocycles. The van der Waals surface area contributed by atoms with E-state index < -0.39 is 5.72 Å². The van der Waals surface area contributed by atoms with Gasteiger partial charge in [-0.25, -0.2) is 0 Å². The van der Waals surface area contributed by atoms with E-state index in [0.717, 1.165) is 12.8 Å². The van der Waals surface area contributed by atoms with Crippen molar-refractivity contribution in [1.82, 2.24) is 0 Å². The Morgan fingerprint density at radius 3 is 2.63 bits per heavy atom. The SMILES string of the molecule is NCCCCC(N)(O)CSC(=S)Oc1ccccc1. The average molecular weight is 300 g/mol. The predicted octanol–water partition coefficient (Wildman–Crippen LogP) is 1.86. The lowest BCUT2D eigenvalue weighted by Gasteiger charge is -2.22. The van der Waals surface area contributed by atoms with Crippen LogP contribution in [0, 0.1) is 0 Å². The Morgan fingerprint density at radius 2 is 2.00 bits per heavy atom. The van der Waals surface area contributed by atoms with E-state index >= 15 is 0 Å². The van der Waals surface area contributed by atoms with Crippen molar-refractivity contribution in [2.24, 2.45) is 11.5 Å². The first kappa shape index (κ1) is 16.4. The van der Waals surface area contributed by atoms with Crippen LogP contribution >= 0.6 is 24.0 Å². The lowest BCUT2D eigenvalue weighted by Crippen LogP contribution is -2.42. The summed E-state index contributed by atoms with van der Waals surface area (Å²) in [4.78, 5) is 0. The summed E-state index contributed by atoms with van der Waals surface area (Å²) in [5, 5.41) is 9.96. The first-order valence-corrected chi connectivity index (χ1v) is 7.54. The molecule has 0 saturated carbocycles. The lowest BCUT2D eigenvalue weighted by molar-refractivity contribution is 0.0606. The molecule has 0 aromatic heterocycles. The molecule has 0 fully saturated rings. The molecule has 5 N–H and O–H groups in total. The normalized spacial score (nSPS) is 13.8. The molecule has 0 heterocycles. The maximum absolute atomic E-state index is 9.96. The Labute approximate surface area is 123 Å². The monoisotopic (exact) mass is 300 g/mol. The van der Waals surface area contributed by atoms with Gasteiger partial charge in [-0.1, -0.05) is 30.0 Å². The van der Waals surface area contributed by atoms with Gasteiger partial charge in [0.15, 0.2) is 0 Å². The number of aliphatic hydroxyl groups is 1. The molecule has 1 unspecified atom stereocenters. The summed E-state index contributed by atoms with van der Waals surface area (Å²) in [6, 6.07) is 9.29. The highest BCUT2D eigenvalue weighted by Gasteiger charge is 2.21. The second kappa shape index (κ2) is 8.50. The van der Waals surface area contributed by atoms with E-state index in [1.54, 1.807) is 0 Å². The van der Waals surface area contributed by atoms with Crippen LogP contribution in [0.4, 0.5) is 0 Å². The molecular weight excluding hydrogens is 280 g/mol. The highest BCUT2D eigenvalue weighted by atomic mass is 32.2. The molecule has 0 aliphatic rings. The highest BCUT2D eigenvalue weighted by Crippen LogP contribution is 2.19. The number of ether oxygens (including phenoxy) is 1. The van der Waals surface area contributed by atoms with Crippen molar-refractivity contribution in [3.63, 3.8) is 0 Å². The molecule has 1 rings (SSSR count). The molecule has 4 nitrogen and oxygen atoms in total. The standard InChI is InChI=1S/C13H20N2O2S2/c14-9-5-4-8-13(15,16)10-19-12(18)17-11-6-2-1-3-7-11/h1-3,6-7,16H,4-5,8-10,14-15H2. The van der Waals surface area contributed by atoms with Crippen LogP contribution in [0.1, 0.15) is 19.3 Å². The molecule has 0 spiro atoms. The minimum Gasteiger partial charge on any atom is -0.440 e. The van der Waals surface area contributed by atoms with Gasteiger partial charge < -0.3 is 21.3 Å². The highest BCUT2D eigenvalue weighted by molar-refractivity contribution is 8.22. The number of rotatable bonds is 7. The van der Waals surface area contributed by atoms with E-state index in [1.807, 2.05) is 30.3 Å². The molecule has 106 valence electrons. The van der Waals surface area contributed by atoms with Crippen molar-refractivity contribution in [3.8, 4) is 5.75 Å². The minimum absolute atomic E-state index is 0.309. The fourth-order valence-corrected chi connectivity index (χ4v) is 2.39. The first-order chi connectivity index (χ1) is 9.03. The fraction of sp³-hybridized carbons (Fsp3) is 0.462. The van der Waals surface area contributed by atoms with Crippen molar-refractivity contribution in [2.75, 3.05) is 12.3 Å². The van der Waals surface area contributed by atoms with Gasteiger partial charge in [-0.05, 0) is 50.2 Å². The summed E-state index contributed by atoms with van der Waals surface area (Å²) in [6.07, 6.45) is 2.16. The molecule has 1 aromatic rings. The van der Waals surface area contributed by atoms with Gasteiger partial charge in [-0.3, -0.25) is 0 Å². The number of para-hydroxylation sites is 1. The number of hydrogen-bond acceptors (Lipinski definition) is 6.